The van der Waals surface area contributed by atoms with Gasteiger partial charge < -0.3 is 14.2 Å². The van der Waals surface area contributed by atoms with E-state index in [-0.39, 0.29) is 11.5 Å². The zero-order valence-electron chi connectivity index (χ0n) is 14.0. The molecule has 1 spiro atoms. The number of aromatic nitrogens is 1. The van der Waals surface area contributed by atoms with Crippen LogP contribution in [0, 0.1) is 0 Å². The van der Waals surface area contributed by atoms with E-state index in [1.807, 2.05) is 34.8 Å². The molecule has 1 amide bonds. The number of ether oxygens (including phenoxy) is 1. The molecule has 0 radical (unpaired) electrons. The molecule has 5 nitrogen and oxygen atoms in total. The monoisotopic (exact) mass is 317 g/mol. The Morgan fingerprint density at radius 1 is 1.22 bits per heavy atom. The summed E-state index contributed by atoms with van der Waals surface area (Å²) < 4.78 is 8.17. The summed E-state index contributed by atoms with van der Waals surface area (Å²) in [6, 6.07) is 4.44. The Morgan fingerprint density at radius 3 is 2.61 bits per heavy atom. The van der Waals surface area contributed by atoms with Gasteiger partial charge >= 0.3 is 0 Å². The summed E-state index contributed by atoms with van der Waals surface area (Å²) in [7, 11) is 1.93. The molecule has 3 aliphatic heterocycles. The van der Waals surface area contributed by atoms with Gasteiger partial charge in [0, 0.05) is 32.4 Å². The summed E-state index contributed by atoms with van der Waals surface area (Å²) >= 11 is 0. The van der Waals surface area contributed by atoms with Gasteiger partial charge in [0.1, 0.15) is 5.69 Å². The molecule has 0 aromatic carbocycles. The maximum absolute atomic E-state index is 12.6. The van der Waals surface area contributed by atoms with Crippen molar-refractivity contribution in [2.75, 3.05) is 32.8 Å². The SMILES string of the molecule is Cn1cccc1C(=O)N1CCC2(CC1)C[C@@H](N1CCCC1)CO2. The fraction of sp³-hybridized carbons (Fsp3) is 0.722. The lowest BCUT2D eigenvalue weighted by Gasteiger charge is -2.39. The molecule has 1 aromatic rings. The minimum Gasteiger partial charge on any atom is -0.373 e. The van der Waals surface area contributed by atoms with Gasteiger partial charge in [-0.1, -0.05) is 0 Å². The second-order valence-electron chi connectivity index (χ2n) is 7.39. The Hall–Kier alpha value is -1.33. The van der Waals surface area contributed by atoms with Crippen molar-refractivity contribution >= 4 is 5.91 Å². The van der Waals surface area contributed by atoms with Crippen molar-refractivity contribution in [1.82, 2.24) is 14.4 Å². The normalized spacial score (nSPS) is 27.9. The van der Waals surface area contributed by atoms with Gasteiger partial charge in [-0.05, 0) is 57.3 Å². The van der Waals surface area contributed by atoms with Gasteiger partial charge in [-0.15, -0.1) is 0 Å². The van der Waals surface area contributed by atoms with Crippen molar-refractivity contribution < 1.29 is 9.53 Å². The van der Waals surface area contributed by atoms with Crippen molar-refractivity contribution in [2.24, 2.45) is 7.05 Å². The number of amides is 1. The molecule has 3 aliphatic rings. The second-order valence-corrected chi connectivity index (χ2v) is 7.39. The number of carbonyl (C=O) groups is 1. The lowest BCUT2D eigenvalue weighted by atomic mass is 9.87. The lowest BCUT2D eigenvalue weighted by Crippen LogP contribution is -2.47. The average molecular weight is 317 g/mol. The fourth-order valence-electron chi connectivity index (χ4n) is 4.47. The molecular formula is C18H27N3O2. The predicted molar refractivity (Wildman–Crippen MR) is 88.4 cm³/mol. The highest BCUT2D eigenvalue weighted by Gasteiger charge is 2.45. The molecule has 0 N–H and O–H groups in total. The van der Waals surface area contributed by atoms with Crippen LogP contribution in [0.2, 0.25) is 0 Å². The third-order valence-electron chi connectivity index (χ3n) is 5.97. The Labute approximate surface area is 138 Å². The van der Waals surface area contributed by atoms with Crippen LogP contribution in [0.25, 0.3) is 0 Å². The smallest absolute Gasteiger partial charge is 0.270 e. The number of aryl methyl sites for hydroxylation is 1. The Bertz CT molecular complexity index is 569. The number of hydrogen-bond donors (Lipinski definition) is 0. The van der Waals surface area contributed by atoms with Crippen LogP contribution in [0.3, 0.4) is 0 Å². The summed E-state index contributed by atoms with van der Waals surface area (Å²) in [5, 5.41) is 0. The molecule has 0 bridgehead atoms. The molecule has 1 atom stereocenters. The molecule has 126 valence electrons. The van der Waals surface area contributed by atoms with Crippen LogP contribution < -0.4 is 0 Å². The number of likely N-dealkylation sites (tertiary alicyclic amines) is 2. The van der Waals surface area contributed by atoms with Gasteiger partial charge in [0.2, 0.25) is 0 Å². The van der Waals surface area contributed by atoms with Gasteiger partial charge in [-0.25, -0.2) is 0 Å². The highest BCUT2D eigenvalue weighted by molar-refractivity contribution is 5.92. The topological polar surface area (TPSA) is 37.7 Å². The third kappa shape index (κ3) is 2.81. The van der Waals surface area contributed by atoms with E-state index in [0.29, 0.717) is 6.04 Å². The zero-order chi connectivity index (χ0) is 15.9. The van der Waals surface area contributed by atoms with Crippen molar-refractivity contribution in [3.05, 3.63) is 24.0 Å². The third-order valence-corrected chi connectivity index (χ3v) is 5.97. The molecule has 0 aliphatic carbocycles. The van der Waals surface area contributed by atoms with E-state index < -0.39 is 0 Å². The van der Waals surface area contributed by atoms with E-state index in [0.717, 1.165) is 44.7 Å². The van der Waals surface area contributed by atoms with Gasteiger partial charge in [0.25, 0.3) is 5.91 Å². The van der Waals surface area contributed by atoms with Crippen molar-refractivity contribution in [2.45, 2.75) is 43.7 Å². The van der Waals surface area contributed by atoms with E-state index in [1.54, 1.807) is 0 Å². The lowest BCUT2D eigenvalue weighted by molar-refractivity contribution is -0.0394. The minimum absolute atomic E-state index is 0.0260. The van der Waals surface area contributed by atoms with Crippen LogP contribution in [0.15, 0.2) is 18.3 Å². The maximum Gasteiger partial charge on any atom is 0.270 e. The number of rotatable bonds is 2. The first-order valence-electron chi connectivity index (χ1n) is 8.96. The molecule has 4 heterocycles. The molecule has 5 heteroatoms. The highest BCUT2D eigenvalue weighted by Crippen LogP contribution is 2.38. The maximum atomic E-state index is 12.6. The van der Waals surface area contributed by atoms with Crippen LogP contribution in [0.4, 0.5) is 0 Å². The first kappa shape index (κ1) is 15.2. The molecule has 0 saturated carbocycles. The minimum atomic E-state index is 0.0260. The molecule has 4 rings (SSSR count). The largest absolute Gasteiger partial charge is 0.373 e. The Morgan fingerprint density at radius 2 is 1.96 bits per heavy atom. The van der Waals surface area contributed by atoms with Crippen LogP contribution >= 0.6 is 0 Å². The van der Waals surface area contributed by atoms with Crippen LogP contribution in [-0.2, 0) is 11.8 Å². The molecule has 0 unspecified atom stereocenters. The fourth-order valence-corrected chi connectivity index (χ4v) is 4.47. The molecule has 3 fully saturated rings. The first-order chi connectivity index (χ1) is 11.2. The number of piperidine rings is 1. The van der Waals surface area contributed by atoms with Crippen molar-refractivity contribution in [3.8, 4) is 0 Å². The highest BCUT2D eigenvalue weighted by atomic mass is 16.5. The Kier molecular flexibility index (Phi) is 3.93. The quantitative estimate of drug-likeness (QED) is 0.836. The Balaban J connectivity index is 1.36. The number of carbonyl (C=O) groups excluding carboxylic acids is 1. The van der Waals surface area contributed by atoms with E-state index in [9.17, 15) is 4.79 Å². The first-order valence-corrected chi connectivity index (χ1v) is 8.96. The second kappa shape index (κ2) is 5.95. The van der Waals surface area contributed by atoms with E-state index in [1.165, 1.54) is 25.9 Å². The average Bonchev–Trinajstić information content (AvgIpc) is 3.28. The van der Waals surface area contributed by atoms with Crippen molar-refractivity contribution in [3.63, 3.8) is 0 Å². The predicted octanol–water partition coefficient (Wildman–Crippen LogP) is 1.88. The molecule has 23 heavy (non-hydrogen) atoms. The van der Waals surface area contributed by atoms with Crippen LogP contribution in [0.1, 0.15) is 42.6 Å². The van der Waals surface area contributed by atoms with Gasteiger partial charge in [0.05, 0.1) is 12.2 Å². The molecule has 3 saturated heterocycles. The van der Waals surface area contributed by atoms with Crippen LogP contribution in [-0.4, -0.2) is 64.7 Å². The summed E-state index contributed by atoms with van der Waals surface area (Å²) in [6.45, 7) is 4.99. The van der Waals surface area contributed by atoms with Gasteiger partial charge in [0.15, 0.2) is 0 Å². The zero-order valence-corrected chi connectivity index (χ0v) is 14.0. The molecule has 1 aromatic heterocycles. The summed E-state index contributed by atoms with van der Waals surface area (Å²) in [5.41, 5.74) is 0.807. The van der Waals surface area contributed by atoms with E-state index in [2.05, 4.69) is 4.90 Å². The van der Waals surface area contributed by atoms with Gasteiger partial charge in [-0.3, -0.25) is 9.69 Å². The summed E-state index contributed by atoms with van der Waals surface area (Å²) in [6.07, 6.45) is 7.71. The summed E-state index contributed by atoms with van der Waals surface area (Å²) in [4.78, 5) is 17.2. The molecular weight excluding hydrogens is 290 g/mol. The summed E-state index contributed by atoms with van der Waals surface area (Å²) in [5.74, 6) is 0.154. The number of nitrogens with zero attached hydrogens (tertiary/aromatic N) is 3. The van der Waals surface area contributed by atoms with Crippen molar-refractivity contribution in [1.29, 1.82) is 0 Å². The van der Waals surface area contributed by atoms with E-state index >= 15 is 0 Å². The standard InChI is InChI=1S/C18H27N3O2/c1-19-8-4-5-16(19)17(22)21-11-6-18(7-12-21)13-15(14-23-18)20-9-2-3-10-20/h4-5,8,15H,2-3,6-7,9-14H2,1H3/t15-/m1/s1. The van der Waals surface area contributed by atoms with E-state index in [4.69, 9.17) is 4.74 Å². The van der Waals surface area contributed by atoms with Crippen LogP contribution in [0.5, 0.6) is 0 Å². The van der Waals surface area contributed by atoms with Gasteiger partial charge in [-0.2, -0.15) is 0 Å². The number of hydrogen-bond acceptors (Lipinski definition) is 3.